The van der Waals surface area contributed by atoms with Crippen LogP contribution in [0.5, 0.6) is 0 Å². The summed E-state index contributed by atoms with van der Waals surface area (Å²) in [7, 11) is 0. The lowest BCUT2D eigenvalue weighted by atomic mass is 10.1. The first-order chi connectivity index (χ1) is 19.7. The first-order valence-corrected chi connectivity index (χ1v) is 15.0. The largest absolute Gasteiger partial charge is 0.423 e. The number of thiazole rings is 1. The molecule has 0 aliphatic carbocycles. The summed E-state index contributed by atoms with van der Waals surface area (Å²) in [6.07, 6.45) is 7.62. The van der Waals surface area contributed by atoms with Gasteiger partial charge in [0.15, 0.2) is 0 Å². The zero-order valence-corrected chi connectivity index (χ0v) is 23.7. The van der Waals surface area contributed by atoms with Gasteiger partial charge >= 0.3 is 0 Å². The first-order valence-electron chi connectivity index (χ1n) is 14.1. The second kappa shape index (κ2) is 12.6. The third kappa shape index (κ3) is 6.32. The van der Waals surface area contributed by atoms with Crippen LogP contribution in [0, 0.1) is 0 Å². The van der Waals surface area contributed by atoms with Gasteiger partial charge in [0.1, 0.15) is 16.4 Å². The number of oxazole rings is 1. The Hall–Kier alpha value is -3.82. The quantitative estimate of drug-likeness (QED) is 0.235. The maximum atomic E-state index is 6.82. The Balaban J connectivity index is 1.43. The molecule has 1 atom stereocenters. The van der Waals surface area contributed by atoms with Crippen molar-refractivity contribution in [2.45, 2.75) is 64.8 Å². The molecule has 6 rings (SSSR count). The molecule has 9 heteroatoms. The van der Waals surface area contributed by atoms with Crippen molar-refractivity contribution in [3.8, 4) is 0 Å². The zero-order chi connectivity index (χ0) is 27.1. The number of fused-ring (bicyclic) bond motifs is 4. The molecule has 1 unspecified atom stereocenters. The standard InChI is InChI=1S/C31H35N7OS/c1-2-28-30-33-27(19-24-11-5-3-6-12-24)31(39-30)37(20-25-13-7-4-8-14-25)21-26-22-38(35-34-26)17-10-9-16-36(28)23-29-32-15-18-40-29/h3-8,11-15,18,22,28H,2,9-10,16-17,19-21,23H2,1H3. The smallest absolute Gasteiger partial charge is 0.220 e. The molecular weight excluding hydrogens is 518 g/mol. The maximum absolute atomic E-state index is 6.82. The molecule has 4 heterocycles. The number of rotatable bonds is 7. The van der Waals surface area contributed by atoms with Crippen molar-refractivity contribution < 1.29 is 4.42 Å². The average Bonchev–Trinajstić information content (AvgIpc) is 3.74. The van der Waals surface area contributed by atoms with Crippen molar-refractivity contribution in [2.75, 3.05) is 11.4 Å². The summed E-state index contributed by atoms with van der Waals surface area (Å²) in [5.41, 5.74) is 4.29. The summed E-state index contributed by atoms with van der Waals surface area (Å²) in [5.74, 6) is 1.58. The van der Waals surface area contributed by atoms with Gasteiger partial charge in [0.25, 0.3) is 0 Å². The Labute approximate surface area is 239 Å². The average molecular weight is 554 g/mol. The van der Waals surface area contributed by atoms with E-state index in [0.717, 1.165) is 67.1 Å². The van der Waals surface area contributed by atoms with E-state index in [2.05, 4.69) is 92.8 Å². The van der Waals surface area contributed by atoms with E-state index in [4.69, 9.17) is 9.40 Å². The Morgan fingerprint density at radius 3 is 2.48 bits per heavy atom. The third-order valence-electron chi connectivity index (χ3n) is 7.37. The third-order valence-corrected chi connectivity index (χ3v) is 8.13. The fraction of sp³-hybridized carbons (Fsp3) is 0.355. The van der Waals surface area contributed by atoms with Gasteiger partial charge in [-0.05, 0) is 36.9 Å². The van der Waals surface area contributed by atoms with E-state index in [1.807, 2.05) is 22.3 Å². The Bertz CT molecular complexity index is 1470. The Morgan fingerprint density at radius 1 is 0.950 bits per heavy atom. The van der Waals surface area contributed by atoms with E-state index in [1.165, 1.54) is 11.1 Å². The van der Waals surface area contributed by atoms with E-state index in [0.29, 0.717) is 19.5 Å². The predicted molar refractivity (Wildman–Crippen MR) is 157 cm³/mol. The summed E-state index contributed by atoms with van der Waals surface area (Å²) < 4.78 is 8.79. The molecular formula is C31H35N7OS. The number of benzene rings is 2. The predicted octanol–water partition coefficient (Wildman–Crippen LogP) is 6.27. The van der Waals surface area contributed by atoms with Gasteiger partial charge in [-0.2, -0.15) is 0 Å². The van der Waals surface area contributed by atoms with Crippen LogP contribution in [0.15, 0.2) is 82.9 Å². The summed E-state index contributed by atoms with van der Waals surface area (Å²) in [6, 6.07) is 21.1. The topological polar surface area (TPSA) is 76.1 Å². The monoisotopic (exact) mass is 553 g/mol. The van der Waals surface area contributed by atoms with Crippen LogP contribution in [0.1, 0.15) is 65.6 Å². The van der Waals surface area contributed by atoms with Gasteiger partial charge in [0, 0.05) is 31.1 Å². The molecule has 0 spiro atoms. The lowest BCUT2D eigenvalue weighted by Gasteiger charge is -2.28. The van der Waals surface area contributed by atoms with E-state index in [9.17, 15) is 0 Å². The second-order valence-electron chi connectivity index (χ2n) is 10.3. The van der Waals surface area contributed by atoms with Crippen molar-refractivity contribution in [3.05, 3.63) is 112 Å². The molecule has 1 aliphatic rings. The van der Waals surface area contributed by atoms with Crippen LogP contribution in [-0.2, 0) is 32.6 Å². The highest BCUT2D eigenvalue weighted by Gasteiger charge is 2.29. The highest BCUT2D eigenvalue weighted by atomic mass is 32.1. The molecule has 0 saturated carbocycles. The lowest BCUT2D eigenvalue weighted by Crippen LogP contribution is -2.29. The summed E-state index contributed by atoms with van der Waals surface area (Å²) >= 11 is 1.70. The molecule has 2 aromatic carbocycles. The number of nitrogens with zero attached hydrogens (tertiary/aromatic N) is 7. The van der Waals surface area contributed by atoms with Crippen molar-refractivity contribution >= 4 is 17.2 Å². The van der Waals surface area contributed by atoms with Gasteiger partial charge in [0.05, 0.1) is 25.3 Å². The molecule has 0 amide bonds. The molecule has 1 aliphatic heterocycles. The first kappa shape index (κ1) is 26.4. The molecule has 4 bridgehead atoms. The molecule has 206 valence electrons. The molecule has 3 aromatic heterocycles. The van der Waals surface area contributed by atoms with E-state index in [1.54, 1.807) is 11.3 Å². The fourth-order valence-electron chi connectivity index (χ4n) is 5.40. The molecule has 0 radical (unpaired) electrons. The van der Waals surface area contributed by atoms with Crippen molar-refractivity contribution in [1.29, 1.82) is 0 Å². The van der Waals surface area contributed by atoms with Crippen LogP contribution in [0.4, 0.5) is 5.88 Å². The number of hydrogen-bond donors (Lipinski definition) is 0. The van der Waals surface area contributed by atoms with Gasteiger partial charge in [-0.25, -0.2) is 9.97 Å². The zero-order valence-electron chi connectivity index (χ0n) is 22.9. The van der Waals surface area contributed by atoms with Crippen LogP contribution in [0.3, 0.4) is 0 Å². The van der Waals surface area contributed by atoms with E-state index >= 15 is 0 Å². The Morgan fingerprint density at radius 2 is 1.73 bits per heavy atom. The summed E-state index contributed by atoms with van der Waals surface area (Å²) in [4.78, 5) is 14.6. The summed E-state index contributed by atoms with van der Waals surface area (Å²) in [6.45, 7) is 6.06. The minimum Gasteiger partial charge on any atom is -0.423 e. The molecule has 0 fully saturated rings. The number of aryl methyl sites for hydroxylation is 1. The van der Waals surface area contributed by atoms with Gasteiger partial charge in [0.2, 0.25) is 11.8 Å². The molecule has 0 N–H and O–H groups in total. The van der Waals surface area contributed by atoms with Crippen molar-refractivity contribution in [3.63, 3.8) is 0 Å². The van der Waals surface area contributed by atoms with Crippen LogP contribution >= 0.6 is 11.3 Å². The lowest BCUT2D eigenvalue weighted by molar-refractivity contribution is 0.152. The minimum absolute atomic E-state index is 0.0549. The molecule has 5 aromatic rings. The van der Waals surface area contributed by atoms with Gasteiger partial charge in [-0.1, -0.05) is 72.8 Å². The van der Waals surface area contributed by atoms with Crippen LogP contribution < -0.4 is 4.90 Å². The van der Waals surface area contributed by atoms with Gasteiger partial charge in [-0.3, -0.25) is 9.58 Å². The van der Waals surface area contributed by atoms with Crippen molar-refractivity contribution in [1.82, 2.24) is 29.9 Å². The second-order valence-corrected chi connectivity index (χ2v) is 11.3. The minimum atomic E-state index is 0.0549. The van der Waals surface area contributed by atoms with Gasteiger partial charge < -0.3 is 9.32 Å². The summed E-state index contributed by atoms with van der Waals surface area (Å²) in [5, 5.41) is 12.1. The molecule has 40 heavy (non-hydrogen) atoms. The van der Waals surface area contributed by atoms with Crippen LogP contribution in [-0.4, -0.2) is 36.4 Å². The van der Waals surface area contributed by atoms with Gasteiger partial charge in [-0.15, -0.1) is 16.4 Å². The van der Waals surface area contributed by atoms with Crippen LogP contribution in [0.25, 0.3) is 0 Å². The van der Waals surface area contributed by atoms with E-state index < -0.39 is 0 Å². The SMILES string of the molecule is CCC1c2nc(Cc3ccccc3)c(o2)N(Cc2ccccc2)Cc2cn(nn2)CCCCN1Cc1nccs1. The normalized spacial score (nSPS) is 16.6. The maximum Gasteiger partial charge on any atom is 0.220 e. The number of aromatic nitrogens is 5. The Kier molecular flexibility index (Phi) is 8.30. The van der Waals surface area contributed by atoms with Crippen LogP contribution in [0.2, 0.25) is 0 Å². The van der Waals surface area contributed by atoms with E-state index in [-0.39, 0.29) is 6.04 Å². The fourth-order valence-corrected chi connectivity index (χ4v) is 6.04. The molecule has 0 saturated heterocycles. The van der Waals surface area contributed by atoms with Crippen molar-refractivity contribution in [2.24, 2.45) is 0 Å². The highest BCUT2D eigenvalue weighted by molar-refractivity contribution is 7.09. The molecule has 8 nitrogen and oxygen atoms in total. The number of anilines is 1. The highest BCUT2D eigenvalue weighted by Crippen LogP contribution is 2.34. The number of hydrogen-bond acceptors (Lipinski definition) is 8.